The average molecular weight is 244 g/mol. The molecule has 88 valence electrons. The largest absolute Gasteiger partial charge is 0.481 e. The fraction of sp³-hybridized carbons (Fsp3) is 0.500. The van der Waals surface area contributed by atoms with Gasteiger partial charge in [0.2, 0.25) is 5.16 Å². The summed E-state index contributed by atoms with van der Waals surface area (Å²) < 4.78 is 0.901. The molecule has 16 heavy (non-hydrogen) atoms. The minimum absolute atomic E-state index is 0.0371. The second-order valence-electron chi connectivity index (χ2n) is 2.93. The highest BCUT2D eigenvalue weighted by Gasteiger charge is 2.11. The van der Waals surface area contributed by atoms with Crippen molar-refractivity contribution >= 4 is 17.7 Å². The third-order valence-electron chi connectivity index (χ3n) is 1.78. The van der Waals surface area contributed by atoms with Gasteiger partial charge < -0.3 is 10.9 Å². The smallest absolute Gasteiger partial charge is 0.303 e. The number of aryl methyl sites for hydroxylation is 1. The SMILES string of the molecule is CCSc1nnc(CCC(=O)O)c(=O)n1N. The number of aliphatic carboxylic acids is 1. The van der Waals surface area contributed by atoms with Gasteiger partial charge in [-0.15, -0.1) is 10.2 Å². The highest BCUT2D eigenvalue weighted by Crippen LogP contribution is 2.09. The number of carboxylic acid groups (broad SMARTS) is 1. The van der Waals surface area contributed by atoms with Crippen LogP contribution in [0.15, 0.2) is 9.95 Å². The highest BCUT2D eigenvalue weighted by atomic mass is 32.2. The Balaban J connectivity index is 2.93. The Morgan fingerprint density at radius 2 is 2.25 bits per heavy atom. The Labute approximate surface area is 95.6 Å². The lowest BCUT2D eigenvalue weighted by Crippen LogP contribution is -2.33. The van der Waals surface area contributed by atoms with E-state index in [0.717, 1.165) is 10.4 Å². The van der Waals surface area contributed by atoms with E-state index >= 15 is 0 Å². The number of hydrogen-bond donors (Lipinski definition) is 2. The van der Waals surface area contributed by atoms with E-state index in [1.165, 1.54) is 11.8 Å². The number of carboxylic acids is 1. The molecule has 0 saturated heterocycles. The summed E-state index contributed by atoms with van der Waals surface area (Å²) in [5.74, 6) is 5.24. The van der Waals surface area contributed by atoms with Crippen molar-refractivity contribution in [2.75, 3.05) is 11.6 Å². The first-order chi connectivity index (χ1) is 7.56. The summed E-state index contributed by atoms with van der Waals surface area (Å²) in [4.78, 5) is 22.0. The van der Waals surface area contributed by atoms with Crippen LogP contribution in [0, 0.1) is 0 Å². The fourth-order valence-electron chi connectivity index (χ4n) is 1.03. The van der Waals surface area contributed by atoms with Gasteiger partial charge in [0.1, 0.15) is 5.69 Å². The summed E-state index contributed by atoms with van der Waals surface area (Å²) in [6.07, 6.45) is -0.125. The van der Waals surface area contributed by atoms with E-state index in [4.69, 9.17) is 10.9 Å². The third kappa shape index (κ3) is 2.96. The molecule has 0 spiro atoms. The molecule has 0 unspecified atom stereocenters. The molecule has 3 N–H and O–H groups in total. The molecule has 0 atom stereocenters. The average Bonchev–Trinajstić information content (AvgIpc) is 2.24. The zero-order chi connectivity index (χ0) is 12.1. The molecule has 0 aliphatic heterocycles. The molecule has 0 amide bonds. The normalized spacial score (nSPS) is 10.3. The molecular formula is C8H12N4O3S. The molecule has 7 nitrogen and oxygen atoms in total. The lowest BCUT2D eigenvalue weighted by atomic mass is 10.2. The summed E-state index contributed by atoms with van der Waals surface area (Å²) in [6, 6.07) is 0. The minimum Gasteiger partial charge on any atom is -0.481 e. The van der Waals surface area contributed by atoms with Crippen molar-refractivity contribution < 1.29 is 9.90 Å². The number of aromatic nitrogens is 3. The van der Waals surface area contributed by atoms with Crippen molar-refractivity contribution in [1.29, 1.82) is 0 Å². The Morgan fingerprint density at radius 1 is 1.56 bits per heavy atom. The quantitative estimate of drug-likeness (QED) is 0.529. The molecule has 8 heteroatoms. The van der Waals surface area contributed by atoms with Gasteiger partial charge in [0, 0.05) is 6.42 Å². The molecule has 0 aliphatic rings. The van der Waals surface area contributed by atoms with Crippen molar-refractivity contribution in [3.05, 3.63) is 16.0 Å². The van der Waals surface area contributed by atoms with Crippen LogP contribution in [0.3, 0.4) is 0 Å². The van der Waals surface area contributed by atoms with Gasteiger partial charge >= 0.3 is 5.97 Å². The van der Waals surface area contributed by atoms with Crippen molar-refractivity contribution in [1.82, 2.24) is 14.9 Å². The fourth-order valence-corrected chi connectivity index (χ4v) is 1.61. The first-order valence-electron chi connectivity index (χ1n) is 4.64. The Bertz CT molecular complexity index is 445. The highest BCUT2D eigenvalue weighted by molar-refractivity contribution is 7.99. The molecule has 1 rings (SSSR count). The Hall–Kier alpha value is -1.57. The zero-order valence-electron chi connectivity index (χ0n) is 8.71. The molecule has 1 heterocycles. The van der Waals surface area contributed by atoms with Crippen molar-refractivity contribution in [2.45, 2.75) is 24.9 Å². The van der Waals surface area contributed by atoms with Crippen LogP contribution in [0.1, 0.15) is 19.0 Å². The van der Waals surface area contributed by atoms with Crippen LogP contribution in [0.2, 0.25) is 0 Å². The van der Waals surface area contributed by atoms with E-state index in [0.29, 0.717) is 5.16 Å². The molecule has 1 aromatic rings. The van der Waals surface area contributed by atoms with Gasteiger partial charge in [0.15, 0.2) is 0 Å². The van der Waals surface area contributed by atoms with E-state index < -0.39 is 11.5 Å². The van der Waals surface area contributed by atoms with E-state index in [9.17, 15) is 9.59 Å². The summed E-state index contributed by atoms with van der Waals surface area (Å²) in [5.41, 5.74) is -0.419. The van der Waals surface area contributed by atoms with E-state index in [-0.39, 0.29) is 18.5 Å². The monoisotopic (exact) mass is 244 g/mol. The maximum absolute atomic E-state index is 11.6. The number of hydrogen-bond acceptors (Lipinski definition) is 6. The molecule has 0 fully saturated rings. The number of nitrogens with zero attached hydrogens (tertiary/aromatic N) is 3. The first kappa shape index (κ1) is 12.5. The zero-order valence-corrected chi connectivity index (χ0v) is 9.53. The summed E-state index contributed by atoms with van der Waals surface area (Å²) in [5, 5.41) is 16.3. The number of rotatable bonds is 5. The number of thioether (sulfide) groups is 1. The van der Waals surface area contributed by atoms with E-state index in [1.807, 2.05) is 6.92 Å². The van der Waals surface area contributed by atoms with Crippen molar-refractivity contribution in [3.8, 4) is 0 Å². The molecular weight excluding hydrogens is 232 g/mol. The Morgan fingerprint density at radius 3 is 2.81 bits per heavy atom. The molecule has 0 radical (unpaired) electrons. The van der Waals surface area contributed by atoms with Crippen LogP contribution >= 0.6 is 11.8 Å². The molecule has 1 aromatic heterocycles. The van der Waals surface area contributed by atoms with Gasteiger partial charge in [-0.3, -0.25) is 9.59 Å². The number of carbonyl (C=O) groups is 1. The second kappa shape index (κ2) is 5.50. The van der Waals surface area contributed by atoms with Gasteiger partial charge in [-0.05, 0) is 5.75 Å². The lowest BCUT2D eigenvalue weighted by Gasteiger charge is -2.05. The van der Waals surface area contributed by atoms with Crippen LogP contribution < -0.4 is 11.4 Å². The predicted octanol–water partition coefficient (Wildman–Crippen LogP) is -0.519. The van der Waals surface area contributed by atoms with Crippen molar-refractivity contribution in [2.24, 2.45) is 0 Å². The topological polar surface area (TPSA) is 111 Å². The second-order valence-corrected chi connectivity index (χ2v) is 4.16. The van der Waals surface area contributed by atoms with Crippen LogP contribution in [-0.4, -0.2) is 31.7 Å². The van der Waals surface area contributed by atoms with Gasteiger partial charge in [0.05, 0.1) is 6.42 Å². The summed E-state index contributed by atoms with van der Waals surface area (Å²) in [7, 11) is 0. The maximum atomic E-state index is 11.6. The molecule has 0 aromatic carbocycles. The van der Waals surface area contributed by atoms with E-state index in [2.05, 4.69) is 10.2 Å². The number of nitrogens with two attached hydrogens (primary N) is 1. The first-order valence-corrected chi connectivity index (χ1v) is 5.63. The Kier molecular flexibility index (Phi) is 4.29. The van der Waals surface area contributed by atoms with Crippen LogP contribution in [0.5, 0.6) is 0 Å². The third-order valence-corrected chi connectivity index (χ3v) is 2.60. The molecule has 0 saturated carbocycles. The summed E-state index contributed by atoms with van der Waals surface area (Å²) in [6.45, 7) is 1.90. The lowest BCUT2D eigenvalue weighted by molar-refractivity contribution is -0.136. The van der Waals surface area contributed by atoms with E-state index in [1.54, 1.807) is 0 Å². The van der Waals surface area contributed by atoms with Gasteiger partial charge in [0.25, 0.3) is 5.56 Å². The van der Waals surface area contributed by atoms with Crippen LogP contribution in [0.25, 0.3) is 0 Å². The predicted molar refractivity (Wildman–Crippen MR) is 58.8 cm³/mol. The van der Waals surface area contributed by atoms with Gasteiger partial charge in [-0.25, -0.2) is 0 Å². The number of nitrogen functional groups attached to an aromatic ring is 1. The molecule has 0 aliphatic carbocycles. The van der Waals surface area contributed by atoms with Gasteiger partial charge in [-0.1, -0.05) is 18.7 Å². The maximum Gasteiger partial charge on any atom is 0.303 e. The summed E-state index contributed by atoms with van der Waals surface area (Å²) >= 11 is 1.30. The van der Waals surface area contributed by atoms with Gasteiger partial charge in [-0.2, -0.15) is 4.68 Å². The minimum atomic E-state index is -0.989. The molecule has 0 bridgehead atoms. The van der Waals surface area contributed by atoms with Crippen LogP contribution in [-0.2, 0) is 11.2 Å². The standard InChI is InChI=1S/C8H12N4O3S/c1-2-16-8-11-10-5(3-4-6(13)14)7(15)12(8)9/h2-4,9H2,1H3,(H,13,14). The van der Waals surface area contributed by atoms with Crippen LogP contribution in [0.4, 0.5) is 0 Å². The van der Waals surface area contributed by atoms with Crippen molar-refractivity contribution in [3.63, 3.8) is 0 Å².